The van der Waals surface area contributed by atoms with Crippen molar-refractivity contribution in [1.29, 1.82) is 0 Å². The minimum absolute atomic E-state index is 0.0615. The quantitative estimate of drug-likeness (QED) is 0.918. The molecule has 0 aliphatic carbocycles. The molecule has 0 spiro atoms. The summed E-state index contributed by atoms with van der Waals surface area (Å²) >= 11 is 0. The normalized spacial score (nSPS) is 11.7. The average molecular weight is 323 g/mol. The fraction of sp³-hybridized carbons (Fsp3) is 0.400. The first-order valence-electron chi connectivity index (χ1n) is 6.98. The number of sulfonamides is 1. The lowest BCUT2D eigenvalue weighted by Crippen LogP contribution is -2.18. The molecule has 0 fully saturated rings. The second-order valence-electron chi connectivity index (χ2n) is 5.38. The van der Waals surface area contributed by atoms with Gasteiger partial charge in [-0.05, 0) is 51.0 Å². The molecular weight excluding hydrogens is 302 g/mol. The van der Waals surface area contributed by atoms with Crippen molar-refractivity contribution >= 4 is 15.8 Å². The van der Waals surface area contributed by atoms with Crippen LogP contribution in [0.4, 0.5) is 5.82 Å². The number of anilines is 1. The number of nitrogens with zero attached hydrogens (tertiary/aromatic N) is 2. The highest BCUT2D eigenvalue weighted by Crippen LogP contribution is 2.28. The topological polar surface area (TPSA) is 73.2 Å². The predicted molar refractivity (Wildman–Crippen MR) is 85.9 cm³/mol. The van der Waals surface area contributed by atoms with Crippen molar-refractivity contribution in [3.8, 4) is 5.75 Å². The van der Waals surface area contributed by atoms with Crippen LogP contribution in [0.15, 0.2) is 29.3 Å². The monoisotopic (exact) mass is 323 g/mol. The van der Waals surface area contributed by atoms with E-state index in [-0.39, 0.29) is 10.9 Å². The van der Waals surface area contributed by atoms with Crippen LogP contribution in [0.2, 0.25) is 0 Å². The van der Waals surface area contributed by atoms with Crippen molar-refractivity contribution in [2.45, 2.75) is 38.6 Å². The molecule has 1 aromatic carbocycles. The molecule has 0 saturated heterocycles. The second-order valence-corrected chi connectivity index (χ2v) is 7.03. The first-order chi connectivity index (χ1) is 10.3. The van der Waals surface area contributed by atoms with Gasteiger partial charge in [0.15, 0.2) is 0 Å². The van der Waals surface area contributed by atoms with Crippen LogP contribution in [0.3, 0.4) is 0 Å². The highest BCUT2D eigenvalue weighted by molar-refractivity contribution is 7.92. The van der Waals surface area contributed by atoms with Crippen LogP contribution in [0.1, 0.15) is 31.0 Å². The third-order valence-electron chi connectivity index (χ3n) is 3.60. The molecule has 0 aliphatic heterocycles. The molecule has 6 nitrogen and oxygen atoms in total. The Balaban J connectivity index is 2.43. The molecule has 0 amide bonds. The van der Waals surface area contributed by atoms with Crippen LogP contribution in [0, 0.1) is 13.8 Å². The SMILES string of the molecule is COc1ccc(S(=O)(=O)Nc2ccnn2C(C)C)c(C)c1C. The van der Waals surface area contributed by atoms with E-state index >= 15 is 0 Å². The molecule has 120 valence electrons. The van der Waals surface area contributed by atoms with Crippen molar-refractivity contribution in [3.63, 3.8) is 0 Å². The first kappa shape index (κ1) is 16.4. The lowest BCUT2D eigenvalue weighted by atomic mass is 10.1. The molecular formula is C15H21N3O3S. The van der Waals surface area contributed by atoms with Crippen LogP contribution in [-0.2, 0) is 10.0 Å². The lowest BCUT2D eigenvalue weighted by Gasteiger charge is -2.16. The van der Waals surface area contributed by atoms with Crippen LogP contribution in [0.25, 0.3) is 0 Å². The maximum atomic E-state index is 12.7. The lowest BCUT2D eigenvalue weighted by molar-refractivity contribution is 0.410. The molecule has 0 bridgehead atoms. The number of hydrogen-bond donors (Lipinski definition) is 1. The molecule has 0 unspecified atom stereocenters. The Morgan fingerprint density at radius 3 is 2.45 bits per heavy atom. The minimum Gasteiger partial charge on any atom is -0.496 e. The third-order valence-corrected chi connectivity index (χ3v) is 5.09. The molecule has 2 rings (SSSR count). The Hall–Kier alpha value is -2.02. The van der Waals surface area contributed by atoms with Crippen LogP contribution in [-0.4, -0.2) is 25.3 Å². The molecule has 0 radical (unpaired) electrons. The average Bonchev–Trinajstić information content (AvgIpc) is 2.89. The summed E-state index contributed by atoms with van der Waals surface area (Å²) in [5, 5.41) is 4.13. The summed E-state index contributed by atoms with van der Waals surface area (Å²) in [6.45, 7) is 7.48. The Morgan fingerprint density at radius 2 is 1.86 bits per heavy atom. The molecule has 1 N–H and O–H groups in total. The minimum atomic E-state index is -3.68. The van der Waals surface area contributed by atoms with Crippen molar-refractivity contribution in [3.05, 3.63) is 35.5 Å². The molecule has 1 heterocycles. The number of nitrogens with one attached hydrogen (secondary N) is 1. The largest absolute Gasteiger partial charge is 0.496 e. The summed E-state index contributed by atoms with van der Waals surface area (Å²) in [5.41, 5.74) is 1.48. The van der Waals surface area contributed by atoms with Crippen molar-refractivity contribution in [2.75, 3.05) is 11.8 Å². The summed E-state index contributed by atoms with van der Waals surface area (Å²) in [4.78, 5) is 0.238. The van der Waals surface area contributed by atoms with Gasteiger partial charge in [-0.2, -0.15) is 5.10 Å². The van der Waals surface area contributed by atoms with E-state index in [1.54, 1.807) is 43.1 Å². The van der Waals surface area contributed by atoms with E-state index in [0.717, 1.165) is 5.56 Å². The van der Waals surface area contributed by atoms with Gasteiger partial charge in [0, 0.05) is 12.1 Å². The van der Waals surface area contributed by atoms with Gasteiger partial charge in [0.1, 0.15) is 11.6 Å². The highest BCUT2D eigenvalue weighted by Gasteiger charge is 2.21. The Morgan fingerprint density at radius 1 is 1.18 bits per heavy atom. The number of hydrogen-bond acceptors (Lipinski definition) is 4. The fourth-order valence-electron chi connectivity index (χ4n) is 2.28. The maximum Gasteiger partial charge on any atom is 0.263 e. The highest BCUT2D eigenvalue weighted by atomic mass is 32.2. The van der Waals surface area contributed by atoms with Gasteiger partial charge in [-0.25, -0.2) is 13.1 Å². The molecule has 22 heavy (non-hydrogen) atoms. The van der Waals surface area contributed by atoms with E-state index in [0.29, 0.717) is 17.1 Å². The van der Waals surface area contributed by atoms with Gasteiger partial charge in [0.05, 0.1) is 18.2 Å². The maximum absolute atomic E-state index is 12.7. The van der Waals surface area contributed by atoms with Crippen LogP contribution >= 0.6 is 0 Å². The van der Waals surface area contributed by atoms with E-state index in [1.807, 2.05) is 20.8 Å². The third kappa shape index (κ3) is 2.94. The van der Waals surface area contributed by atoms with Crippen molar-refractivity contribution in [1.82, 2.24) is 9.78 Å². The number of ether oxygens (including phenoxy) is 1. The van der Waals surface area contributed by atoms with E-state index in [4.69, 9.17) is 4.74 Å². The van der Waals surface area contributed by atoms with Gasteiger partial charge in [-0.1, -0.05) is 0 Å². The number of aromatic nitrogens is 2. The summed E-state index contributed by atoms with van der Waals surface area (Å²) in [6.07, 6.45) is 1.57. The van der Waals surface area contributed by atoms with Crippen molar-refractivity contribution in [2.24, 2.45) is 0 Å². The van der Waals surface area contributed by atoms with E-state index in [2.05, 4.69) is 9.82 Å². The molecule has 0 saturated carbocycles. The van der Waals surface area contributed by atoms with Gasteiger partial charge in [-0.3, -0.25) is 4.72 Å². The predicted octanol–water partition coefficient (Wildman–Crippen LogP) is 2.89. The Bertz CT molecular complexity index is 779. The Kier molecular flexibility index (Phi) is 4.46. The summed E-state index contributed by atoms with van der Waals surface area (Å²) < 4.78 is 34.8. The van der Waals surface area contributed by atoms with Crippen LogP contribution < -0.4 is 9.46 Å². The summed E-state index contributed by atoms with van der Waals surface area (Å²) in [7, 11) is -2.12. The zero-order valence-electron chi connectivity index (χ0n) is 13.4. The Labute approximate surface area is 131 Å². The molecule has 7 heteroatoms. The van der Waals surface area contributed by atoms with Gasteiger partial charge in [-0.15, -0.1) is 0 Å². The zero-order chi connectivity index (χ0) is 16.5. The van der Waals surface area contributed by atoms with E-state index in [9.17, 15) is 8.42 Å². The molecule has 2 aromatic rings. The van der Waals surface area contributed by atoms with Gasteiger partial charge in [0.25, 0.3) is 10.0 Å². The molecule has 0 aliphatic rings. The fourth-order valence-corrected chi connectivity index (χ4v) is 3.63. The number of rotatable bonds is 5. The van der Waals surface area contributed by atoms with E-state index in [1.165, 1.54) is 0 Å². The zero-order valence-corrected chi connectivity index (χ0v) is 14.2. The number of methoxy groups -OCH3 is 1. The summed E-state index contributed by atoms with van der Waals surface area (Å²) in [5.74, 6) is 1.12. The molecule has 1 aromatic heterocycles. The van der Waals surface area contributed by atoms with Gasteiger partial charge in [0.2, 0.25) is 0 Å². The standard InChI is InChI=1S/C15H21N3O3S/c1-10(2)18-15(8-9-16-18)17-22(19,20)14-7-6-13(21-5)11(3)12(14)4/h6-10,17H,1-5H3. The van der Waals surface area contributed by atoms with Crippen molar-refractivity contribution < 1.29 is 13.2 Å². The first-order valence-corrected chi connectivity index (χ1v) is 8.46. The molecule has 0 atom stereocenters. The second kappa shape index (κ2) is 6.00. The van der Waals surface area contributed by atoms with Gasteiger partial charge >= 0.3 is 0 Å². The van der Waals surface area contributed by atoms with E-state index < -0.39 is 10.0 Å². The van der Waals surface area contributed by atoms with Crippen LogP contribution in [0.5, 0.6) is 5.75 Å². The van der Waals surface area contributed by atoms with Gasteiger partial charge < -0.3 is 4.74 Å². The smallest absolute Gasteiger partial charge is 0.263 e. The number of benzene rings is 1. The summed E-state index contributed by atoms with van der Waals surface area (Å²) in [6, 6.07) is 4.92.